The molecular weight excluding hydrogens is 353 g/mol. The zero-order valence-corrected chi connectivity index (χ0v) is 13.7. The van der Waals surface area contributed by atoms with E-state index in [4.69, 9.17) is 28.6 Å². The zero-order valence-electron chi connectivity index (χ0n) is 12.2. The third-order valence-electron chi connectivity index (χ3n) is 3.52. The number of nitrogens with zero attached hydrogens (tertiary/aromatic N) is 1. The number of nitrogens with one attached hydrogen (secondary N) is 1. The minimum Gasteiger partial charge on any atom is -0.430 e. The molecule has 2 rings (SSSR count). The van der Waals surface area contributed by atoms with Crippen molar-refractivity contribution < 1.29 is 22.7 Å². The number of hydrogen-bond acceptors (Lipinski definition) is 3. The van der Waals surface area contributed by atoms with Crippen LogP contribution in [-0.4, -0.2) is 42.3 Å². The lowest BCUT2D eigenvalue weighted by molar-refractivity contribution is -0.185. The second-order valence-corrected chi connectivity index (χ2v) is 5.72. The van der Waals surface area contributed by atoms with Crippen LogP contribution >= 0.6 is 23.8 Å². The van der Waals surface area contributed by atoms with Gasteiger partial charge < -0.3 is 15.0 Å². The third-order valence-corrected chi connectivity index (χ3v) is 4.11. The van der Waals surface area contributed by atoms with Gasteiger partial charge in [-0.15, -0.1) is 0 Å². The molecule has 1 aromatic rings. The van der Waals surface area contributed by atoms with Crippen LogP contribution in [0.2, 0.25) is 5.02 Å². The van der Waals surface area contributed by atoms with Gasteiger partial charge in [0.2, 0.25) is 0 Å². The first-order valence-electron chi connectivity index (χ1n) is 6.80. The first-order valence-corrected chi connectivity index (χ1v) is 7.58. The van der Waals surface area contributed by atoms with Crippen molar-refractivity contribution in [2.45, 2.75) is 19.0 Å². The van der Waals surface area contributed by atoms with Crippen molar-refractivity contribution in [1.82, 2.24) is 10.2 Å². The maximum absolute atomic E-state index is 12.6. The molecule has 0 atom stereocenters. The fraction of sp³-hybridized carbons (Fsp3) is 0.429. The number of hydrogen-bond donors (Lipinski definition) is 1. The Morgan fingerprint density at radius 3 is 2.61 bits per heavy atom. The molecule has 0 bridgehead atoms. The Morgan fingerprint density at radius 2 is 2.00 bits per heavy atom. The number of carbonyl (C=O) groups is 1. The van der Waals surface area contributed by atoms with E-state index >= 15 is 0 Å². The van der Waals surface area contributed by atoms with E-state index in [1.165, 1.54) is 0 Å². The lowest BCUT2D eigenvalue weighted by Gasteiger charge is -2.21. The van der Waals surface area contributed by atoms with Gasteiger partial charge in [0.15, 0.2) is 5.75 Å². The number of benzene rings is 1. The normalized spacial score (nSPS) is 14.7. The van der Waals surface area contributed by atoms with Crippen molar-refractivity contribution in [3.8, 4) is 5.75 Å². The summed E-state index contributed by atoms with van der Waals surface area (Å²) in [6.45, 7) is -0.0722. The SMILES string of the molecule is CNC(=S)Oc1c(Cl)ccc2c1CCN(C(=O)C(F)(F)F)CC2. The summed E-state index contributed by atoms with van der Waals surface area (Å²) in [6.07, 6.45) is -4.38. The third kappa shape index (κ3) is 4.06. The first kappa shape index (κ1) is 17.8. The Kier molecular flexibility index (Phi) is 5.36. The fourth-order valence-corrected chi connectivity index (χ4v) is 2.70. The topological polar surface area (TPSA) is 41.6 Å². The molecule has 1 aromatic carbocycles. The summed E-state index contributed by atoms with van der Waals surface area (Å²) in [4.78, 5) is 12.2. The Hall–Kier alpha value is -1.54. The van der Waals surface area contributed by atoms with Crippen molar-refractivity contribution >= 4 is 34.9 Å². The lowest BCUT2D eigenvalue weighted by atomic mass is 10.0. The largest absolute Gasteiger partial charge is 0.471 e. The summed E-state index contributed by atoms with van der Waals surface area (Å²) in [5.74, 6) is -1.51. The number of ether oxygens (including phenoxy) is 1. The Labute approximate surface area is 141 Å². The molecule has 1 heterocycles. The molecule has 1 aliphatic rings. The summed E-state index contributed by atoms with van der Waals surface area (Å²) in [5, 5.41) is 3.07. The fourth-order valence-electron chi connectivity index (χ4n) is 2.40. The minimum atomic E-state index is -4.87. The highest BCUT2D eigenvalue weighted by Crippen LogP contribution is 2.34. The van der Waals surface area contributed by atoms with E-state index in [2.05, 4.69) is 5.32 Å². The zero-order chi connectivity index (χ0) is 17.2. The van der Waals surface area contributed by atoms with Crippen LogP contribution < -0.4 is 10.1 Å². The highest BCUT2D eigenvalue weighted by atomic mass is 35.5. The summed E-state index contributed by atoms with van der Waals surface area (Å²) in [7, 11) is 1.58. The van der Waals surface area contributed by atoms with Crippen LogP contribution in [0.5, 0.6) is 5.75 Å². The van der Waals surface area contributed by atoms with Crippen LogP contribution in [0.15, 0.2) is 12.1 Å². The molecule has 1 amide bonds. The summed E-state index contributed by atoms with van der Waals surface area (Å²) in [5.41, 5.74) is 1.47. The average molecular weight is 367 g/mol. The van der Waals surface area contributed by atoms with Gasteiger partial charge in [-0.25, -0.2) is 0 Å². The quantitative estimate of drug-likeness (QED) is 0.776. The number of halogens is 4. The molecule has 0 aromatic heterocycles. The van der Waals surface area contributed by atoms with Crippen LogP contribution in [0.4, 0.5) is 13.2 Å². The predicted molar refractivity (Wildman–Crippen MR) is 83.8 cm³/mol. The molecular formula is C14H14ClF3N2O2S. The van der Waals surface area contributed by atoms with E-state index in [9.17, 15) is 18.0 Å². The molecule has 0 radical (unpaired) electrons. The molecule has 1 N–H and O–H groups in total. The van der Waals surface area contributed by atoms with E-state index < -0.39 is 12.1 Å². The molecule has 4 nitrogen and oxygen atoms in total. The Bertz CT molecular complexity index is 637. The molecule has 0 saturated heterocycles. The van der Waals surface area contributed by atoms with Gasteiger partial charge in [-0.3, -0.25) is 4.79 Å². The summed E-state index contributed by atoms with van der Waals surface area (Å²) in [6, 6.07) is 3.34. The predicted octanol–water partition coefficient (Wildman–Crippen LogP) is 2.71. The maximum atomic E-state index is 12.6. The molecule has 9 heteroatoms. The van der Waals surface area contributed by atoms with Crippen molar-refractivity contribution in [2.24, 2.45) is 0 Å². The number of thiocarbonyl (C=S) groups is 1. The summed E-state index contributed by atoms with van der Waals surface area (Å²) >= 11 is 11.1. The number of carbonyl (C=O) groups excluding carboxylic acids is 1. The highest BCUT2D eigenvalue weighted by Gasteiger charge is 2.42. The van der Waals surface area contributed by atoms with Crippen LogP contribution in [-0.2, 0) is 17.6 Å². The van der Waals surface area contributed by atoms with E-state index in [1.807, 2.05) is 0 Å². The van der Waals surface area contributed by atoms with Gasteiger partial charge in [0.1, 0.15) is 0 Å². The Balaban J connectivity index is 2.28. The van der Waals surface area contributed by atoms with Gasteiger partial charge in [-0.05, 0) is 36.7 Å². The average Bonchev–Trinajstić information content (AvgIpc) is 2.70. The number of rotatable bonds is 1. The monoisotopic (exact) mass is 366 g/mol. The van der Waals surface area contributed by atoms with Crippen LogP contribution in [0.3, 0.4) is 0 Å². The van der Waals surface area contributed by atoms with Gasteiger partial charge in [0, 0.05) is 25.7 Å². The number of fused-ring (bicyclic) bond motifs is 1. The molecule has 1 aliphatic heterocycles. The summed E-state index contributed by atoms with van der Waals surface area (Å²) < 4.78 is 43.3. The van der Waals surface area contributed by atoms with Crippen molar-refractivity contribution in [3.63, 3.8) is 0 Å². The van der Waals surface area contributed by atoms with Gasteiger partial charge >= 0.3 is 12.1 Å². The molecule has 0 aliphatic carbocycles. The van der Waals surface area contributed by atoms with Crippen LogP contribution in [0, 0.1) is 0 Å². The van der Waals surface area contributed by atoms with E-state index in [-0.39, 0.29) is 31.1 Å². The van der Waals surface area contributed by atoms with Crippen LogP contribution in [0.25, 0.3) is 0 Å². The number of amides is 1. The van der Waals surface area contributed by atoms with Crippen molar-refractivity contribution in [2.75, 3.05) is 20.1 Å². The molecule has 0 saturated carbocycles. The maximum Gasteiger partial charge on any atom is 0.471 e. The van der Waals surface area contributed by atoms with Gasteiger partial charge in [-0.2, -0.15) is 13.2 Å². The Morgan fingerprint density at radius 1 is 1.35 bits per heavy atom. The van der Waals surface area contributed by atoms with Crippen molar-refractivity contribution in [3.05, 3.63) is 28.3 Å². The lowest BCUT2D eigenvalue weighted by Crippen LogP contribution is -2.42. The molecule has 0 spiro atoms. The van der Waals surface area contributed by atoms with Gasteiger partial charge in [0.25, 0.3) is 5.17 Å². The molecule has 0 unspecified atom stereocenters. The van der Waals surface area contributed by atoms with Crippen LogP contribution in [0.1, 0.15) is 11.1 Å². The standard InChI is InChI=1S/C14H14ClF3N2O2S/c1-19-13(23)22-11-9-5-7-20(12(21)14(16,17)18)6-4-8(9)2-3-10(11)15/h2-3H,4-7H2,1H3,(H,19,23). The second kappa shape index (κ2) is 6.92. The van der Waals surface area contributed by atoms with Crippen molar-refractivity contribution in [1.29, 1.82) is 0 Å². The van der Waals surface area contributed by atoms with E-state index in [1.54, 1.807) is 19.2 Å². The number of alkyl halides is 3. The first-order chi connectivity index (χ1) is 10.7. The second-order valence-electron chi connectivity index (χ2n) is 4.94. The van der Waals surface area contributed by atoms with Gasteiger partial charge in [-0.1, -0.05) is 17.7 Å². The molecule has 126 valence electrons. The smallest absolute Gasteiger partial charge is 0.430 e. The van der Waals surface area contributed by atoms with E-state index in [0.29, 0.717) is 16.3 Å². The highest BCUT2D eigenvalue weighted by molar-refractivity contribution is 7.80. The molecule has 23 heavy (non-hydrogen) atoms. The molecule has 0 fully saturated rings. The van der Waals surface area contributed by atoms with E-state index in [0.717, 1.165) is 10.5 Å². The van der Waals surface area contributed by atoms with Gasteiger partial charge in [0.05, 0.1) is 5.02 Å². The minimum absolute atomic E-state index is 0.0110.